The summed E-state index contributed by atoms with van der Waals surface area (Å²) < 4.78 is 5.67. The van der Waals surface area contributed by atoms with E-state index in [4.69, 9.17) is 4.74 Å². The van der Waals surface area contributed by atoms with Crippen molar-refractivity contribution in [2.24, 2.45) is 0 Å². The van der Waals surface area contributed by atoms with Gasteiger partial charge in [-0.2, -0.15) is 0 Å². The van der Waals surface area contributed by atoms with Crippen LogP contribution < -0.4 is 10.1 Å². The van der Waals surface area contributed by atoms with Gasteiger partial charge >= 0.3 is 0 Å². The first-order chi connectivity index (χ1) is 8.05. The summed E-state index contributed by atoms with van der Waals surface area (Å²) in [6.45, 7) is 8.12. The van der Waals surface area contributed by atoms with Crippen molar-refractivity contribution in [1.29, 1.82) is 0 Å². The lowest BCUT2D eigenvalue weighted by molar-refractivity contribution is 0.274. The normalized spacial score (nSPS) is 20.5. The third-order valence-corrected chi connectivity index (χ3v) is 2.91. The minimum atomic E-state index is -0.00839. The predicted molar refractivity (Wildman–Crippen MR) is 67.3 cm³/mol. The molecule has 1 unspecified atom stereocenters. The van der Waals surface area contributed by atoms with Gasteiger partial charge in [-0.1, -0.05) is 20.8 Å². The Morgan fingerprint density at radius 1 is 1.35 bits per heavy atom. The van der Waals surface area contributed by atoms with Gasteiger partial charge in [-0.3, -0.25) is 0 Å². The molecule has 1 fully saturated rings. The van der Waals surface area contributed by atoms with Crippen LogP contribution in [0.4, 0.5) is 0 Å². The molecule has 1 saturated heterocycles. The second-order valence-corrected chi connectivity index (χ2v) is 5.60. The highest BCUT2D eigenvalue weighted by molar-refractivity contribution is 5.15. The van der Waals surface area contributed by atoms with Gasteiger partial charge in [0, 0.05) is 11.5 Å². The average Bonchev–Trinajstić information content (AvgIpc) is 2.78. The number of nitrogens with zero attached hydrogens (tertiary/aromatic N) is 2. The van der Waals surface area contributed by atoms with E-state index < -0.39 is 0 Å². The lowest BCUT2D eigenvalue weighted by atomic mass is 9.96. The fraction of sp³-hybridized carbons (Fsp3) is 0.692. The smallest absolute Gasteiger partial charge is 0.155 e. The molecule has 1 atom stereocenters. The van der Waals surface area contributed by atoms with Gasteiger partial charge in [-0.05, 0) is 19.4 Å². The number of aromatic nitrogens is 2. The highest BCUT2D eigenvalue weighted by Gasteiger charge is 2.17. The molecule has 0 aromatic carbocycles. The van der Waals surface area contributed by atoms with Crippen LogP contribution in [0.3, 0.4) is 0 Å². The third kappa shape index (κ3) is 3.40. The third-order valence-electron chi connectivity index (χ3n) is 2.91. The Bertz CT molecular complexity index is 350. The maximum absolute atomic E-state index is 5.67. The van der Waals surface area contributed by atoms with Crippen molar-refractivity contribution in [1.82, 2.24) is 15.3 Å². The molecule has 1 aromatic heterocycles. The fourth-order valence-electron chi connectivity index (χ4n) is 1.87. The van der Waals surface area contributed by atoms with Crippen molar-refractivity contribution < 1.29 is 4.74 Å². The fourth-order valence-corrected chi connectivity index (χ4v) is 1.87. The number of rotatable bonds is 3. The summed E-state index contributed by atoms with van der Waals surface area (Å²) >= 11 is 0. The van der Waals surface area contributed by atoms with E-state index in [0.717, 1.165) is 18.1 Å². The van der Waals surface area contributed by atoms with Crippen molar-refractivity contribution in [3.63, 3.8) is 0 Å². The van der Waals surface area contributed by atoms with Crippen LogP contribution in [-0.2, 0) is 5.41 Å². The summed E-state index contributed by atoms with van der Waals surface area (Å²) in [7, 11) is 0. The summed E-state index contributed by atoms with van der Waals surface area (Å²) in [6.07, 6.45) is 5.97. The zero-order valence-electron chi connectivity index (χ0n) is 10.9. The molecule has 1 aromatic rings. The first-order valence-electron chi connectivity index (χ1n) is 6.24. The molecule has 94 valence electrons. The number of hydrogen-bond donors (Lipinski definition) is 1. The van der Waals surface area contributed by atoms with Crippen molar-refractivity contribution in [3.8, 4) is 5.75 Å². The Balaban J connectivity index is 1.89. The van der Waals surface area contributed by atoms with E-state index >= 15 is 0 Å². The minimum absolute atomic E-state index is 0.00839. The Kier molecular flexibility index (Phi) is 3.62. The summed E-state index contributed by atoms with van der Waals surface area (Å²) in [4.78, 5) is 8.68. The van der Waals surface area contributed by atoms with Gasteiger partial charge in [-0.15, -0.1) is 0 Å². The van der Waals surface area contributed by atoms with Gasteiger partial charge in [0.15, 0.2) is 5.75 Å². The summed E-state index contributed by atoms with van der Waals surface area (Å²) in [6, 6.07) is 0.484. The van der Waals surface area contributed by atoms with E-state index in [2.05, 4.69) is 36.1 Å². The first-order valence-corrected chi connectivity index (χ1v) is 6.24. The van der Waals surface area contributed by atoms with Gasteiger partial charge in [0.1, 0.15) is 12.4 Å². The molecule has 2 rings (SSSR count). The molecule has 0 spiro atoms. The van der Waals surface area contributed by atoms with Crippen LogP contribution in [0.5, 0.6) is 5.75 Å². The predicted octanol–water partition coefficient (Wildman–Crippen LogP) is 1.90. The molecule has 1 N–H and O–H groups in total. The van der Waals surface area contributed by atoms with Crippen LogP contribution in [-0.4, -0.2) is 29.2 Å². The van der Waals surface area contributed by atoms with E-state index in [1.165, 1.54) is 12.8 Å². The molecule has 17 heavy (non-hydrogen) atoms. The van der Waals surface area contributed by atoms with Crippen molar-refractivity contribution >= 4 is 0 Å². The molecule has 0 saturated carbocycles. The number of ether oxygens (including phenoxy) is 1. The van der Waals surface area contributed by atoms with Gasteiger partial charge in [0.05, 0.1) is 12.4 Å². The largest absolute Gasteiger partial charge is 0.489 e. The lowest BCUT2D eigenvalue weighted by Gasteiger charge is -2.16. The van der Waals surface area contributed by atoms with E-state index in [1.807, 2.05) is 0 Å². The maximum atomic E-state index is 5.67. The number of nitrogens with one attached hydrogen (secondary N) is 1. The molecular weight excluding hydrogens is 214 g/mol. The van der Waals surface area contributed by atoms with E-state index in [-0.39, 0.29) is 5.41 Å². The Morgan fingerprint density at radius 2 is 2.06 bits per heavy atom. The highest BCUT2D eigenvalue weighted by Crippen LogP contribution is 2.19. The summed E-state index contributed by atoms with van der Waals surface area (Å²) in [5.74, 6) is 1.61. The van der Waals surface area contributed by atoms with Crippen LogP contribution >= 0.6 is 0 Å². The van der Waals surface area contributed by atoms with E-state index in [1.54, 1.807) is 12.4 Å². The highest BCUT2D eigenvalue weighted by atomic mass is 16.5. The van der Waals surface area contributed by atoms with Gasteiger partial charge in [-0.25, -0.2) is 9.97 Å². The molecule has 1 aliphatic heterocycles. The second kappa shape index (κ2) is 5.00. The van der Waals surface area contributed by atoms with E-state index in [0.29, 0.717) is 12.6 Å². The average molecular weight is 235 g/mol. The van der Waals surface area contributed by atoms with Gasteiger partial charge < -0.3 is 10.1 Å². The summed E-state index contributed by atoms with van der Waals surface area (Å²) in [5.41, 5.74) is -0.00839. The zero-order chi connectivity index (χ0) is 12.3. The second-order valence-electron chi connectivity index (χ2n) is 5.60. The van der Waals surface area contributed by atoms with E-state index in [9.17, 15) is 0 Å². The topological polar surface area (TPSA) is 47.0 Å². The quantitative estimate of drug-likeness (QED) is 0.869. The Hall–Kier alpha value is -1.16. The molecular formula is C13H21N3O. The van der Waals surface area contributed by atoms with Gasteiger partial charge in [0.2, 0.25) is 0 Å². The van der Waals surface area contributed by atoms with Crippen molar-refractivity contribution in [3.05, 3.63) is 18.2 Å². The van der Waals surface area contributed by atoms with Crippen LogP contribution in [0, 0.1) is 0 Å². The van der Waals surface area contributed by atoms with Crippen LogP contribution in [0.2, 0.25) is 0 Å². The molecule has 0 bridgehead atoms. The van der Waals surface area contributed by atoms with Crippen LogP contribution in [0.25, 0.3) is 0 Å². The zero-order valence-corrected chi connectivity index (χ0v) is 10.9. The first kappa shape index (κ1) is 12.3. The van der Waals surface area contributed by atoms with Gasteiger partial charge in [0.25, 0.3) is 0 Å². The number of hydrogen-bond acceptors (Lipinski definition) is 4. The molecule has 0 radical (unpaired) electrons. The molecule has 4 heteroatoms. The van der Waals surface area contributed by atoms with Crippen molar-refractivity contribution in [2.45, 2.75) is 45.1 Å². The Morgan fingerprint density at radius 3 is 2.59 bits per heavy atom. The van der Waals surface area contributed by atoms with Crippen molar-refractivity contribution in [2.75, 3.05) is 13.2 Å². The SMILES string of the molecule is CC(C)(C)c1ncc(OCC2CCCN2)cn1. The Labute approximate surface area is 103 Å². The maximum Gasteiger partial charge on any atom is 0.155 e. The van der Waals surface area contributed by atoms with Crippen LogP contribution in [0.1, 0.15) is 39.4 Å². The molecule has 1 aliphatic rings. The molecule has 0 aliphatic carbocycles. The molecule has 4 nitrogen and oxygen atoms in total. The van der Waals surface area contributed by atoms with Crippen LogP contribution in [0.15, 0.2) is 12.4 Å². The molecule has 0 amide bonds. The molecule has 2 heterocycles. The monoisotopic (exact) mass is 235 g/mol. The summed E-state index contributed by atoms with van der Waals surface area (Å²) in [5, 5.41) is 3.40. The lowest BCUT2D eigenvalue weighted by Crippen LogP contribution is -2.28. The minimum Gasteiger partial charge on any atom is -0.489 e. The standard InChI is InChI=1S/C13H21N3O/c1-13(2,3)12-15-7-11(8-16-12)17-9-10-5-4-6-14-10/h7-8,10,14H,4-6,9H2,1-3H3.